The number of carbonyl (C=O) groups excluding carboxylic acids is 1. The molecule has 4 saturated heterocycles. The van der Waals surface area contributed by atoms with Crippen molar-refractivity contribution < 1.29 is 46.2 Å². The van der Waals surface area contributed by atoms with Crippen LogP contribution in [0.5, 0.6) is 0 Å². The number of rotatable bonds is 6. The molecule has 4 fully saturated rings. The molecule has 9 nitrogen and oxygen atoms in total. The van der Waals surface area contributed by atoms with Gasteiger partial charge in [0.25, 0.3) is 0 Å². The van der Waals surface area contributed by atoms with Crippen LogP contribution in [0.25, 0.3) is 0 Å². The number of aliphatic hydroxyl groups is 2. The summed E-state index contributed by atoms with van der Waals surface area (Å²) in [7, 11) is 0. The van der Waals surface area contributed by atoms with Gasteiger partial charge in [0, 0.05) is 18.8 Å². The first kappa shape index (κ1) is 21.0. The Morgan fingerprint density at radius 1 is 1.12 bits per heavy atom. The van der Waals surface area contributed by atoms with Crippen molar-refractivity contribution in [3.8, 4) is 0 Å². The average molecular weight is 457 g/mol. The van der Waals surface area contributed by atoms with E-state index in [-0.39, 0.29) is 50.3 Å². The topological polar surface area (TPSA) is 113 Å². The molecular formula is C23H32O9. The zero-order chi connectivity index (χ0) is 24.3. The van der Waals surface area contributed by atoms with Gasteiger partial charge < -0.3 is 38.6 Å². The highest BCUT2D eigenvalue weighted by atomic mass is 16.6. The Morgan fingerprint density at radius 2 is 1.78 bits per heavy atom. The first-order chi connectivity index (χ1) is 16.3. The van der Waals surface area contributed by atoms with Gasteiger partial charge in [0.1, 0.15) is 12.2 Å². The number of esters is 1. The fourth-order valence-corrected chi connectivity index (χ4v) is 4.33. The maximum atomic E-state index is 11.1. The quantitative estimate of drug-likeness (QED) is 0.584. The van der Waals surface area contributed by atoms with Gasteiger partial charge >= 0.3 is 5.97 Å². The minimum atomic E-state index is -1.03. The van der Waals surface area contributed by atoms with Crippen molar-refractivity contribution in [2.75, 3.05) is 52.8 Å². The smallest absolute Gasteiger partial charge is 0.302 e. The Hall–Kier alpha value is -1.59. The van der Waals surface area contributed by atoms with Crippen LogP contribution in [-0.4, -0.2) is 92.4 Å². The fraction of sp³-hybridized carbons (Fsp3) is 0.696. The SMILES string of the molecule is [3H][C@H]1O[C@@]2(CO)COCC1[C@H]2O.[3H][C@H]1O[C@@]2(COC(C)=O)COCC1[C@H]2OCc1ccccc1. The highest BCUT2D eigenvalue weighted by molar-refractivity contribution is 5.66. The summed E-state index contributed by atoms with van der Waals surface area (Å²) in [4.78, 5) is 11.1. The second-order valence-corrected chi connectivity index (χ2v) is 8.60. The summed E-state index contributed by atoms with van der Waals surface area (Å²) in [5, 5.41) is 18.7. The Kier molecular flexibility index (Phi) is 6.64. The molecular weight excluding hydrogens is 420 g/mol. The lowest BCUT2D eigenvalue weighted by Crippen LogP contribution is -2.54. The van der Waals surface area contributed by atoms with E-state index in [0.717, 1.165) is 5.56 Å². The first-order valence-corrected chi connectivity index (χ1v) is 10.7. The molecule has 1 aromatic carbocycles. The normalized spacial score (nSPS) is 43.0. The van der Waals surface area contributed by atoms with E-state index in [4.69, 9.17) is 36.3 Å². The maximum Gasteiger partial charge on any atom is 0.302 e. The summed E-state index contributed by atoms with van der Waals surface area (Å²) < 4.78 is 48.3. The van der Waals surface area contributed by atoms with Gasteiger partial charge in [-0.3, -0.25) is 4.79 Å². The third-order valence-corrected chi connectivity index (χ3v) is 6.18. The number of hydrogen-bond donors (Lipinski definition) is 2. The van der Waals surface area contributed by atoms with E-state index < -0.39 is 30.5 Å². The van der Waals surface area contributed by atoms with Crippen LogP contribution >= 0.6 is 0 Å². The molecule has 0 amide bonds. The predicted octanol–water partition coefficient (Wildman–Crippen LogP) is 0.305. The number of ether oxygens (including phenoxy) is 6. The van der Waals surface area contributed by atoms with E-state index in [9.17, 15) is 9.90 Å². The average Bonchev–Trinajstić information content (AvgIpc) is 3.05. The molecule has 0 aliphatic carbocycles. The molecule has 2 N–H and O–H groups in total. The summed E-state index contributed by atoms with van der Waals surface area (Å²) in [6.07, 6.45) is -1.08. The van der Waals surface area contributed by atoms with Crippen molar-refractivity contribution in [3.05, 3.63) is 35.9 Å². The molecule has 5 rings (SSSR count). The summed E-state index contributed by atoms with van der Waals surface area (Å²) >= 11 is 0. The van der Waals surface area contributed by atoms with Crippen LogP contribution in [0.1, 0.15) is 15.2 Å². The van der Waals surface area contributed by atoms with Crippen LogP contribution in [0.4, 0.5) is 0 Å². The number of fused-ring (bicyclic) bond motifs is 4. The minimum absolute atomic E-state index is 0.0493. The number of benzene rings is 1. The van der Waals surface area contributed by atoms with Gasteiger partial charge in [0.05, 0.1) is 67.8 Å². The lowest BCUT2D eigenvalue weighted by Gasteiger charge is -2.38. The molecule has 0 saturated carbocycles. The molecule has 0 aromatic heterocycles. The van der Waals surface area contributed by atoms with Gasteiger partial charge in [0.2, 0.25) is 0 Å². The fourth-order valence-electron chi connectivity index (χ4n) is 4.33. The molecule has 8 atom stereocenters. The highest BCUT2D eigenvalue weighted by Crippen LogP contribution is 2.38. The zero-order valence-electron chi connectivity index (χ0n) is 20.1. The summed E-state index contributed by atoms with van der Waals surface area (Å²) in [5.41, 5.74) is -0.858. The van der Waals surface area contributed by atoms with Gasteiger partial charge in [-0.25, -0.2) is 0 Å². The Labute approximate surface area is 190 Å². The number of carbonyl (C=O) groups is 1. The van der Waals surface area contributed by atoms with Crippen LogP contribution in [0.15, 0.2) is 30.3 Å². The van der Waals surface area contributed by atoms with Gasteiger partial charge in [-0.2, -0.15) is 0 Å². The first-order valence-electron chi connectivity index (χ1n) is 11.9. The largest absolute Gasteiger partial charge is 0.463 e. The van der Waals surface area contributed by atoms with Gasteiger partial charge in [-0.1, -0.05) is 30.3 Å². The monoisotopic (exact) mass is 456 g/mol. The molecule has 0 spiro atoms. The lowest BCUT2D eigenvalue weighted by atomic mass is 9.89. The molecule has 9 heteroatoms. The van der Waals surface area contributed by atoms with Crippen molar-refractivity contribution in [2.45, 2.75) is 36.9 Å². The molecule has 2 unspecified atom stereocenters. The van der Waals surface area contributed by atoms with Gasteiger partial charge in [-0.05, 0) is 5.56 Å². The molecule has 1 aromatic rings. The minimum Gasteiger partial charge on any atom is -0.463 e. The van der Waals surface area contributed by atoms with Crippen molar-refractivity contribution in [1.82, 2.24) is 0 Å². The second kappa shape index (κ2) is 10.1. The molecule has 4 aliphatic rings. The van der Waals surface area contributed by atoms with Crippen LogP contribution in [0, 0.1) is 11.8 Å². The Balaban J connectivity index is 0.000000192. The van der Waals surface area contributed by atoms with Gasteiger partial charge in [0.15, 0.2) is 5.60 Å². The Morgan fingerprint density at radius 3 is 2.47 bits per heavy atom. The van der Waals surface area contributed by atoms with Crippen molar-refractivity contribution >= 4 is 5.97 Å². The molecule has 178 valence electrons. The summed E-state index contributed by atoms with van der Waals surface area (Å²) in [6, 6.07) is 9.83. The van der Waals surface area contributed by atoms with E-state index in [1.165, 1.54) is 6.92 Å². The van der Waals surface area contributed by atoms with E-state index in [0.29, 0.717) is 19.8 Å². The van der Waals surface area contributed by atoms with Crippen LogP contribution in [0.3, 0.4) is 0 Å². The third-order valence-electron chi connectivity index (χ3n) is 6.18. The second-order valence-electron chi connectivity index (χ2n) is 8.60. The molecule has 4 bridgehead atoms. The molecule has 32 heavy (non-hydrogen) atoms. The van der Waals surface area contributed by atoms with Crippen molar-refractivity contribution in [3.63, 3.8) is 0 Å². The number of aliphatic hydroxyl groups excluding tert-OH is 2. The standard InChI is InChI=1S/C16H20O5.C7H12O4/c1-12(17)20-11-16-10-18-8-14(9-21-16)15(16)19-7-13-5-3-2-4-6-13;8-3-7-4-10-1-5(2-11-7)6(7)9/h2-6,14-15H,7-11H2,1H3;5-6,8-9H,1-4H2/t14?,15-,16-;5?,6-,7+/m11/s1/i9T;2T/t9-,14?,15-,16-;2-,5?,6-,7+. The van der Waals surface area contributed by atoms with E-state index in [2.05, 4.69) is 0 Å². The third kappa shape index (κ3) is 4.84. The Bertz CT molecular complexity index is 830. The summed E-state index contributed by atoms with van der Waals surface area (Å²) in [5.74, 6) is -0.866. The highest BCUT2D eigenvalue weighted by Gasteiger charge is 2.55. The predicted molar refractivity (Wildman–Crippen MR) is 111 cm³/mol. The van der Waals surface area contributed by atoms with Crippen LogP contribution in [-0.2, 0) is 39.8 Å². The maximum absolute atomic E-state index is 11.1. The lowest BCUT2D eigenvalue weighted by molar-refractivity contribution is -0.187. The van der Waals surface area contributed by atoms with Crippen molar-refractivity contribution in [2.24, 2.45) is 11.8 Å². The van der Waals surface area contributed by atoms with E-state index in [1.54, 1.807) is 0 Å². The summed E-state index contributed by atoms with van der Waals surface area (Å²) in [6.45, 7) is 1.26. The molecule has 0 radical (unpaired) electrons. The van der Waals surface area contributed by atoms with E-state index in [1.807, 2.05) is 30.3 Å². The zero-order valence-corrected chi connectivity index (χ0v) is 18.1. The van der Waals surface area contributed by atoms with Crippen LogP contribution < -0.4 is 0 Å². The van der Waals surface area contributed by atoms with Crippen LogP contribution in [0.2, 0.25) is 0 Å². The van der Waals surface area contributed by atoms with Crippen molar-refractivity contribution in [1.29, 1.82) is 0 Å². The molecule has 4 heterocycles. The number of hydrogen-bond acceptors (Lipinski definition) is 9. The molecule has 4 aliphatic heterocycles. The van der Waals surface area contributed by atoms with Gasteiger partial charge in [-0.15, -0.1) is 0 Å². The van der Waals surface area contributed by atoms with E-state index >= 15 is 0 Å².